The third kappa shape index (κ3) is 6.32. The number of thioether (sulfide) groups is 1. The lowest BCUT2D eigenvalue weighted by Gasteiger charge is -2.26. The quantitative estimate of drug-likeness (QED) is 0.363. The Morgan fingerprint density at radius 1 is 1.21 bits per heavy atom. The molecule has 0 bridgehead atoms. The van der Waals surface area contributed by atoms with E-state index in [4.69, 9.17) is 0 Å². The molecule has 1 aliphatic rings. The third-order valence-electron chi connectivity index (χ3n) is 5.59. The number of halogens is 2. The first-order valence-electron chi connectivity index (χ1n) is 11.0. The summed E-state index contributed by atoms with van der Waals surface area (Å²) in [6.07, 6.45) is 6.55. The van der Waals surface area contributed by atoms with Gasteiger partial charge in [-0.3, -0.25) is 4.79 Å². The highest BCUT2D eigenvalue weighted by molar-refractivity contribution is 8.00. The number of amides is 1. The van der Waals surface area contributed by atoms with Crippen molar-refractivity contribution in [1.29, 1.82) is 0 Å². The summed E-state index contributed by atoms with van der Waals surface area (Å²) < 4.78 is 31.2. The van der Waals surface area contributed by atoms with Crippen molar-refractivity contribution >= 4 is 34.7 Å². The number of thiophene rings is 1. The standard InChI is InChI=1S/C23H26F2N4O2S2/c1-15(21(30)26-16-9-11-18(12-10-16)31-22(24)25)33-23-28-27-20(14-19-8-5-13-32-19)29(23)17-6-3-2-4-7-17/h5,8-13,15,17,22H,2-4,6-7,14H2,1H3,(H,26,30). The van der Waals surface area contributed by atoms with Gasteiger partial charge in [-0.05, 0) is 55.5 Å². The van der Waals surface area contributed by atoms with E-state index in [9.17, 15) is 13.6 Å². The molecule has 10 heteroatoms. The summed E-state index contributed by atoms with van der Waals surface area (Å²) in [7, 11) is 0. The van der Waals surface area contributed by atoms with Crippen LogP contribution in [-0.4, -0.2) is 32.5 Å². The van der Waals surface area contributed by atoms with Crippen molar-refractivity contribution in [2.24, 2.45) is 0 Å². The fourth-order valence-electron chi connectivity index (χ4n) is 3.96. The Morgan fingerprint density at radius 2 is 1.97 bits per heavy atom. The minimum Gasteiger partial charge on any atom is -0.435 e. The summed E-state index contributed by atoms with van der Waals surface area (Å²) >= 11 is 3.10. The molecule has 6 nitrogen and oxygen atoms in total. The molecule has 3 aromatic rings. The van der Waals surface area contributed by atoms with Gasteiger partial charge in [0.2, 0.25) is 5.91 Å². The number of nitrogens with zero attached hydrogens (tertiary/aromatic N) is 3. The van der Waals surface area contributed by atoms with Crippen molar-refractivity contribution in [3.05, 3.63) is 52.5 Å². The van der Waals surface area contributed by atoms with E-state index in [1.165, 1.54) is 60.2 Å². The van der Waals surface area contributed by atoms with Crippen LogP contribution in [0.4, 0.5) is 14.5 Å². The number of carbonyl (C=O) groups is 1. The van der Waals surface area contributed by atoms with Crippen LogP contribution in [0.25, 0.3) is 0 Å². The normalized spacial score (nSPS) is 15.5. The maximum absolute atomic E-state index is 12.8. The number of benzene rings is 1. The smallest absolute Gasteiger partial charge is 0.387 e. The Bertz CT molecular complexity index is 1040. The van der Waals surface area contributed by atoms with Crippen LogP contribution in [0.2, 0.25) is 0 Å². The van der Waals surface area contributed by atoms with E-state index in [1.54, 1.807) is 11.3 Å². The van der Waals surface area contributed by atoms with Crippen LogP contribution in [0.1, 0.15) is 55.8 Å². The first kappa shape index (κ1) is 23.7. The molecule has 1 unspecified atom stereocenters. The number of nitrogens with one attached hydrogen (secondary N) is 1. The fraction of sp³-hybridized carbons (Fsp3) is 0.435. The zero-order valence-corrected chi connectivity index (χ0v) is 19.9. The van der Waals surface area contributed by atoms with E-state index in [1.807, 2.05) is 13.0 Å². The Balaban J connectivity index is 1.45. The maximum Gasteiger partial charge on any atom is 0.387 e. The number of hydrogen-bond donors (Lipinski definition) is 1. The molecule has 0 aliphatic heterocycles. The van der Waals surface area contributed by atoms with Crippen LogP contribution in [0.3, 0.4) is 0 Å². The van der Waals surface area contributed by atoms with Gasteiger partial charge in [-0.1, -0.05) is 37.1 Å². The molecule has 2 heterocycles. The molecule has 4 rings (SSSR count). The van der Waals surface area contributed by atoms with Crippen LogP contribution >= 0.6 is 23.1 Å². The van der Waals surface area contributed by atoms with Crippen LogP contribution in [0.5, 0.6) is 5.75 Å². The molecule has 0 spiro atoms. The third-order valence-corrected chi connectivity index (χ3v) is 7.52. The highest BCUT2D eigenvalue weighted by Gasteiger charge is 2.26. The number of aromatic nitrogens is 3. The Morgan fingerprint density at radius 3 is 2.64 bits per heavy atom. The van der Waals surface area contributed by atoms with E-state index in [-0.39, 0.29) is 11.7 Å². The molecule has 0 saturated heterocycles. The first-order valence-corrected chi connectivity index (χ1v) is 12.7. The predicted octanol–water partition coefficient (Wildman–Crippen LogP) is 6.16. The van der Waals surface area contributed by atoms with Crippen LogP contribution < -0.4 is 10.1 Å². The lowest BCUT2D eigenvalue weighted by molar-refractivity contribution is -0.115. The lowest BCUT2D eigenvalue weighted by atomic mass is 9.95. The molecule has 1 aliphatic carbocycles. The monoisotopic (exact) mass is 492 g/mol. The van der Waals surface area contributed by atoms with Gasteiger partial charge in [0.05, 0.1) is 5.25 Å². The molecule has 176 valence electrons. The summed E-state index contributed by atoms with van der Waals surface area (Å²) in [6, 6.07) is 10.4. The van der Waals surface area contributed by atoms with Crippen molar-refractivity contribution in [3.8, 4) is 5.75 Å². The Labute approximate surface area is 199 Å². The van der Waals surface area contributed by atoms with E-state index in [2.05, 4.69) is 36.3 Å². The topological polar surface area (TPSA) is 69.0 Å². The lowest BCUT2D eigenvalue weighted by Crippen LogP contribution is -2.24. The number of alkyl halides is 2. The summed E-state index contributed by atoms with van der Waals surface area (Å²) in [6.45, 7) is -1.05. The molecule has 2 aromatic heterocycles. The zero-order valence-electron chi connectivity index (χ0n) is 18.2. The molecule has 1 amide bonds. The van der Waals surface area contributed by atoms with Gasteiger partial charge >= 0.3 is 6.61 Å². The van der Waals surface area contributed by atoms with Crippen LogP contribution in [0.15, 0.2) is 46.9 Å². The van der Waals surface area contributed by atoms with Crippen molar-refractivity contribution in [2.75, 3.05) is 5.32 Å². The molecule has 1 N–H and O–H groups in total. The second kappa shape index (κ2) is 11.1. The molecule has 1 fully saturated rings. The largest absolute Gasteiger partial charge is 0.435 e. The summed E-state index contributed by atoms with van der Waals surface area (Å²) in [4.78, 5) is 14.0. The molecule has 0 radical (unpaired) electrons. The van der Waals surface area contributed by atoms with Crippen molar-refractivity contribution in [3.63, 3.8) is 0 Å². The number of carbonyl (C=O) groups excluding carboxylic acids is 1. The molecule has 1 saturated carbocycles. The van der Waals surface area contributed by atoms with Gasteiger partial charge in [-0.15, -0.1) is 21.5 Å². The van der Waals surface area contributed by atoms with Gasteiger partial charge in [-0.2, -0.15) is 8.78 Å². The molecular weight excluding hydrogens is 466 g/mol. The summed E-state index contributed by atoms with van der Waals surface area (Å²) in [5.41, 5.74) is 0.515. The Hall–Kier alpha value is -2.46. The van der Waals surface area contributed by atoms with Gasteiger partial charge in [0.25, 0.3) is 0 Å². The van der Waals surface area contributed by atoms with Crippen molar-refractivity contribution in [2.45, 2.75) is 68.5 Å². The van der Waals surface area contributed by atoms with Crippen LogP contribution in [-0.2, 0) is 11.2 Å². The van der Waals surface area contributed by atoms with Gasteiger partial charge < -0.3 is 14.6 Å². The summed E-state index contributed by atoms with van der Waals surface area (Å²) in [5.74, 6) is 0.791. The minimum atomic E-state index is -2.88. The van der Waals surface area contributed by atoms with Gasteiger partial charge in [0.15, 0.2) is 5.16 Å². The van der Waals surface area contributed by atoms with Gasteiger partial charge in [-0.25, -0.2) is 0 Å². The van der Waals surface area contributed by atoms with Crippen molar-refractivity contribution < 1.29 is 18.3 Å². The van der Waals surface area contributed by atoms with E-state index in [0.29, 0.717) is 11.7 Å². The average Bonchev–Trinajstić information content (AvgIpc) is 3.45. The predicted molar refractivity (Wildman–Crippen MR) is 126 cm³/mol. The van der Waals surface area contributed by atoms with E-state index in [0.717, 1.165) is 30.2 Å². The number of rotatable bonds is 9. The average molecular weight is 493 g/mol. The fourth-order valence-corrected chi connectivity index (χ4v) is 5.60. The van der Waals surface area contributed by atoms with Crippen LogP contribution in [0, 0.1) is 0 Å². The molecule has 1 atom stereocenters. The number of hydrogen-bond acceptors (Lipinski definition) is 6. The van der Waals surface area contributed by atoms with Gasteiger partial charge in [0, 0.05) is 23.0 Å². The highest BCUT2D eigenvalue weighted by Crippen LogP contribution is 2.35. The highest BCUT2D eigenvalue weighted by atomic mass is 32.2. The number of anilines is 1. The summed E-state index contributed by atoms with van der Waals surface area (Å²) in [5, 5.41) is 14.2. The second-order valence-electron chi connectivity index (χ2n) is 7.97. The SMILES string of the molecule is CC(Sc1nnc(Cc2cccs2)n1C1CCCCC1)C(=O)Nc1ccc(OC(F)F)cc1. The van der Waals surface area contributed by atoms with Crippen molar-refractivity contribution in [1.82, 2.24) is 14.8 Å². The maximum atomic E-state index is 12.8. The van der Waals surface area contributed by atoms with Gasteiger partial charge in [0.1, 0.15) is 11.6 Å². The number of ether oxygens (including phenoxy) is 1. The first-order chi connectivity index (χ1) is 16.0. The van der Waals surface area contributed by atoms with E-state index >= 15 is 0 Å². The molecular formula is C23H26F2N4O2S2. The second-order valence-corrected chi connectivity index (χ2v) is 10.3. The molecule has 33 heavy (non-hydrogen) atoms. The molecule has 1 aromatic carbocycles. The van der Waals surface area contributed by atoms with E-state index < -0.39 is 11.9 Å². The minimum absolute atomic E-state index is 0.0456. The Kier molecular flexibility index (Phi) is 7.97. The zero-order chi connectivity index (χ0) is 23.2.